The largest absolute Gasteiger partial charge is 0.468 e. The van der Waals surface area contributed by atoms with Crippen LogP contribution in [0, 0.1) is 0 Å². The van der Waals surface area contributed by atoms with Crippen LogP contribution < -0.4 is 18.9 Å². The predicted molar refractivity (Wildman–Crippen MR) is 332 cm³/mol. The SMILES string of the molecule is COCCOCCSCCCCCCCCCC1c2ccc(OCOC)cc2SCC1(C)c1ccc(OCOC)cc1.COCOc1ccc(C2(C)CSc3cc(OCOC)ccc3C2CCCCCCCCCOS(C)(=O)=O)cc1. The highest BCUT2D eigenvalue weighted by Gasteiger charge is 2.42. The molecule has 0 amide bonds. The van der Waals surface area contributed by atoms with Crippen molar-refractivity contribution in [3.63, 3.8) is 0 Å². The van der Waals surface area contributed by atoms with Gasteiger partial charge in [-0.05, 0) is 114 Å². The van der Waals surface area contributed by atoms with E-state index in [1.165, 1.54) is 108 Å². The van der Waals surface area contributed by atoms with E-state index in [0.29, 0.717) is 25.0 Å². The Hall–Kier alpha value is -3.20. The molecule has 17 heteroatoms. The van der Waals surface area contributed by atoms with E-state index in [9.17, 15) is 8.42 Å². The number of ether oxygens (including phenoxy) is 10. The van der Waals surface area contributed by atoms with Crippen molar-refractivity contribution in [1.82, 2.24) is 0 Å². The molecule has 4 aromatic carbocycles. The Bertz CT molecular complexity index is 2430. The summed E-state index contributed by atoms with van der Waals surface area (Å²) in [5.41, 5.74) is 5.56. The molecule has 6 rings (SSSR count). The first kappa shape index (κ1) is 68.6. The van der Waals surface area contributed by atoms with E-state index in [1.54, 1.807) is 35.5 Å². The van der Waals surface area contributed by atoms with Crippen LogP contribution >= 0.6 is 35.3 Å². The average Bonchev–Trinajstić information content (AvgIpc) is 3.58. The molecule has 0 saturated heterocycles. The van der Waals surface area contributed by atoms with Crippen molar-refractivity contribution in [2.75, 3.05) is 118 Å². The molecule has 4 atom stereocenters. The lowest BCUT2D eigenvalue weighted by Gasteiger charge is -2.43. The van der Waals surface area contributed by atoms with E-state index in [0.717, 1.165) is 85.2 Å². The molecule has 2 aliphatic heterocycles. The molecule has 0 N–H and O–H groups in total. The summed E-state index contributed by atoms with van der Waals surface area (Å²) < 4.78 is 80.5. The van der Waals surface area contributed by atoms with Crippen molar-refractivity contribution in [3.8, 4) is 23.0 Å². The molecular formula is C64H96O13S4. The van der Waals surface area contributed by atoms with Crippen molar-refractivity contribution >= 4 is 45.4 Å². The predicted octanol–water partition coefficient (Wildman–Crippen LogP) is 15.2. The van der Waals surface area contributed by atoms with Crippen molar-refractivity contribution in [3.05, 3.63) is 107 Å². The quantitative estimate of drug-likeness (QED) is 0.0237. The second-order valence-electron chi connectivity index (χ2n) is 21.4. The van der Waals surface area contributed by atoms with Gasteiger partial charge in [0.25, 0.3) is 10.1 Å². The van der Waals surface area contributed by atoms with Gasteiger partial charge in [0.2, 0.25) is 0 Å². The third-order valence-corrected chi connectivity index (χ3v) is 19.7. The van der Waals surface area contributed by atoms with Crippen LogP contribution in [0.4, 0.5) is 0 Å². The zero-order valence-corrected chi connectivity index (χ0v) is 53.2. The zero-order valence-electron chi connectivity index (χ0n) is 50.0. The van der Waals surface area contributed by atoms with Gasteiger partial charge in [0.15, 0.2) is 27.2 Å². The fraction of sp³-hybridized carbons (Fsp3) is 0.625. The van der Waals surface area contributed by atoms with Crippen LogP contribution in [0.2, 0.25) is 0 Å². The molecule has 2 heterocycles. The van der Waals surface area contributed by atoms with Crippen LogP contribution in [0.1, 0.15) is 151 Å². The van der Waals surface area contributed by atoms with Gasteiger partial charge in [-0.15, -0.1) is 23.5 Å². The number of fused-ring (bicyclic) bond motifs is 2. The first-order valence-corrected chi connectivity index (χ1v) is 34.0. The summed E-state index contributed by atoms with van der Waals surface area (Å²) in [5, 5.41) is 0. The molecule has 81 heavy (non-hydrogen) atoms. The Balaban J connectivity index is 0.000000298. The number of hydrogen-bond acceptors (Lipinski definition) is 16. The highest BCUT2D eigenvalue weighted by Crippen LogP contribution is 2.54. The maximum atomic E-state index is 11.0. The Kier molecular flexibility index (Phi) is 32.8. The highest BCUT2D eigenvalue weighted by molar-refractivity contribution is 7.99. The molecular weight excluding hydrogens is 1100 g/mol. The van der Waals surface area contributed by atoms with Crippen LogP contribution in [0.5, 0.6) is 23.0 Å². The maximum Gasteiger partial charge on any atom is 0.264 e. The van der Waals surface area contributed by atoms with Crippen LogP contribution in [-0.2, 0) is 53.6 Å². The second kappa shape index (κ2) is 38.7. The van der Waals surface area contributed by atoms with Gasteiger partial charge in [0.1, 0.15) is 23.0 Å². The lowest BCUT2D eigenvalue weighted by atomic mass is 9.68. The molecule has 454 valence electrons. The Morgan fingerprint density at radius 2 is 0.852 bits per heavy atom. The zero-order chi connectivity index (χ0) is 58.0. The number of benzene rings is 4. The third-order valence-electron chi connectivity index (χ3n) is 15.2. The van der Waals surface area contributed by atoms with E-state index in [-0.39, 0.29) is 44.6 Å². The van der Waals surface area contributed by atoms with Crippen LogP contribution in [-0.4, -0.2) is 127 Å². The van der Waals surface area contributed by atoms with Crippen LogP contribution in [0.25, 0.3) is 0 Å². The van der Waals surface area contributed by atoms with Crippen molar-refractivity contribution in [1.29, 1.82) is 0 Å². The fourth-order valence-corrected chi connectivity index (χ4v) is 14.8. The van der Waals surface area contributed by atoms with Crippen molar-refractivity contribution in [2.24, 2.45) is 0 Å². The lowest BCUT2D eigenvalue weighted by Crippen LogP contribution is -2.36. The Morgan fingerprint density at radius 3 is 1.27 bits per heavy atom. The van der Waals surface area contributed by atoms with Gasteiger partial charge in [-0.1, -0.05) is 127 Å². The highest BCUT2D eigenvalue weighted by atomic mass is 32.2. The summed E-state index contributed by atoms with van der Waals surface area (Å²) in [5.74, 6) is 8.56. The summed E-state index contributed by atoms with van der Waals surface area (Å²) >= 11 is 5.84. The number of unbranched alkanes of at least 4 members (excludes halogenated alkanes) is 12. The fourth-order valence-electron chi connectivity index (χ4n) is 10.7. The molecule has 0 fully saturated rings. The molecule has 0 aromatic heterocycles. The number of hydrogen-bond donors (Lipinski definition) is 0. The first-order valence-electron chi connectivity index (χ1n) is 29.1. The second-order valence-corrected chi connectivity index (χ2v) is 26.3. The first-order chi connectivity index (χ1) is 39.4. The molecule has 4 aromatic rings. The van der Waals surface area contributed by atoms with Gasteiger partial charge in [-0.2, -0.15) is 20.2 Å². The topological polar surface area (TPSA) is 136 Å². The lowest BCUT2D eigenvalue weighted by molar-refractivity contribution is 0.0507. The van der Waals surface area contributed by atoms with E-state index in [2.05, 4.69) is 86.6 Å². The summed E-state index contributed by atoms with van der Waals surface area (Å²) in [6.45, 7) is 8.35. The van der Waals surface area contributed by atoms with E-state index < -0.39 is 10.1 Å². The smallest absolute Gasteiger partial charge is 0.264 e. The van der Waals surface area contributed by atoms with Gasteiger partial charge in [0, 0.05) is 73.4 Å². The Morgan fingerprint density at radius 1 is 0.457 bits per heavy atom. The molecule has 4 unspecified atom stereocenters. The summed E-state index contributed by atoms with van der Waals surface area (Å²) in [7, 11) is 4.94. The molecule has 0 spiro atoms. The molecule has 13 nitrogen and oxygen atoms in total. The molecule has 0 radical (unpaired) electrons. The average molecular weight is 1200 g/mol. The van der Waals surface area contributed by atoms with Gasteiger partial charge in [-0.25, -0.2) is 0 Å². The summed E-state index contributed by atoms with van der Waals surface area (Å²) in [4.78, 5) is 2.63. The monoisotopic (exact) mass is 1200 g/mol. The van der Waals surface area contributed by atoms with E-state index in [1.807, 2.05) is 47.4 Å². The van der Waals surface area contributed by atoms with Gasteiger partial charge < -0.3 is 47.4 Å². The van der Waals surface area contributed by atoms with E-state index in [4.69, 9.17) is 51.6 Å². The summed E-state index contributed by atoms with van der Waals surface area (Å²) in [6.07, 6.45) is 20.2. The molecule has 0 aliphatic carbocycles. The summed E-state index contributed by atoms with van der Waals surface area (Å²) in [6, 6.07) is 30.2. The maximum absolute atomic E-state index is 11.0. The minimum absolute atomic E-state index is 0.00797. The molecule has 2 aliphatic rings. The van der Waals surface area contributed by atoms with Crippen LogP contribution in [0.3, 0.4) is 0 Å². The van der Waals surface area contributed by atoms with Crippen LogP contribution in [0.15, 0.2) is 94.7 Å². The normalized spacial score (nSPS) is 18.6. The van der Waals surface area contributed by atoms with Crippen molar-refractivity contribution in [2.45, 2.75) is 149 Å². The number of thioether (sulfide) groups is 3. The standard InChI is InChI=1S/C34H52O6S2.C30H44O7S2/c1-34(28-13-15-29(16-14-28)39-26-36-3)25-42-33-24-30(40-27-37-4)17-18-31(33)32(34)12-10-8-6-5-7-9-11-22-41-23-21-38-20-19-35-2;1-30(24-13-15-25(16-14-24)35-22-33-2)21-38-29-20-26(36-23-34-3)17-18-27(29)28(30)12-10-8-6-5-7-9-11-19-37-39(4,31)32/h13-18,24,32H,5-12,19-23,25-27H2,1-4H3;13-18,20,28H,5-12,19,21-23H2,1-4H3. The number of methoxy groups -OCH3 is 5. The van der Waals surface area contributed by atoms with E-state index >= 15 is 0 Å². The minimum Gasteiger partial charge on any atom is -0.468 e. The molecule has 0 bridgehead atoms. The van der Waals surface area contributed by atoms with Gasteiger partial charge in [-0.3, -0.25) is 4.18 Å². The van der Waals surface area contributed by atoms with Gasteiger partial charge >= 0.3 is 0 Å². The third kappa shape index (κ3) is 24.0. The van der Waals surface area contributed by atoms with Gasteiger partial charge in [0.05, 0.1) is 32.7 Å². The molecule has 0 saturated carbocycles. The number of rotatable bonds is 41. The van der Waals surface area contributed by atoms with Crippen molar-refractivity contribution < 1.29 is 60.0 Å². The minimum atomic E-state index is -3.33. The Labute approximate surface area is 500 Å².